The molecule has 2 N–H and O–H groups in total. The first kappa shape index (κ1) is 18.7. The van der Waals surface area contributed by atoms with Gasteiger partial charge >= 0.3 is 5.69 Å². The van der Waals surface area contributed by atoms with Gasteiger partial charge in [-0.15, -0.1) is 0 Å². The molecule has 148 valence electrons. The van der Waals surface area contributed by atoms with Crippen molar-refractivity contribution in [1.82, 2.24) is 19.5 Å². The number of nitrogens with one attached hydrogen (secondary N) is 1. The smallest absolute Gasteiger partial charge is 0.335 e. The van der Waals surface area contributed by atoms with E-state index in [0.29, 0.717) is 5.69 Å². The van der Waals surface area contributed by atoms with Crippen molar-refractivity contribution in [1.29, 1.82) is 0 Å². The predicted octanol–water partition coefficient (Wildman–Crippen LogP) is 2.19. The Morgan fingerprint density at radius 2 is 1.97 bits per heavy atom. The first-order chi connectivity index (χ1) is 14.1. The van der Waals surface area contributed by atoms with Gasteiger partial charge in [-0.2, -0.15) is 5.10 Å². The molecule has 3 heterocycles. The highest BCUT2D eigenvalue weighted by molar-refractivity contribution is 5.82. The van der Waals surface area contributed by atoms with Crippen LogP contribution in [-0.4, -0.2) is 37.4 Å². The molecule has 1 fully saturated rings. The van der Waals surface area contributed by atoms with Gasteiger partial charge in [-0.25, -0.2) is 9.36 Å². The lowest BCUT2D eigenvalue weighted by Gasteiger charge is -2.33. The van der Waals surface area contributed by atoms with E-state index in [0.717, 1.165) is 35.9 Å². The molecule has 0 radical (unpaired) electrons. The summed E-state index contributed by atoms with van der Waals surface area (Å²) >= 11 is 0. The van der Waals surface area contributed by atoms with Crippen LogP contribution in [0.5, 0.6) is 5.88 Å². The molecule has 0 aliphatic carbocycles. The van der Waals surface area contributed by atoms with Crippen molar-refractivity contribution >= 4 is 6.21 Å². The van der Waals surface area contributed by atoms with Crippen LogP contribution in [0.4, 0.5) is 0 Å². The van der Waals surface area contributed by atoms with Crippen molar-refractivity contribution in [2.45, 2.75) is 25.3 Å². The number of hydrogen-bond acceptors (Lipinski definition) is 6. The number of benzene rings is 1. The van der Waals surface area contributed by atoms with E-state index in [2.05, 4.69) is 15.1 Å². The van der Waals surface area contributed by atoms with Crippen molar-refractivity contribution in [3.63, 3.8) is 0 Å². The van der Waals surface area contributed by atoms with Crippen molar-refractivity contribution in [2.24, 2.45) is 5.10 Å². The molecule has 29 heavy (non-hydrogen) atoms. The first-order valence-corrected chi connectivity index (χ1v) is 9.49. The topological polar surface area (TPSA) is 104 Å². The van der Waals surface area contributed by atoms with Crippen LogP contribution in [0.15, 0.2) is 69.5 Å². The highest BCUT2D eigenvalue weighted by atomic mass is 16.3. The summed E-state index contributed by atoms with van der Waals surface area (Å²) in [6, 6.07) is 12.6. The van der Waals surface area contributed by atoms with Gasteiger partial charge in [0.15, 0.2) is 0 Å². The van der Waals surface area contributed by atoms with Crippen LogP contribution in [0.2, 0.25) is 0 Å². The minimum absolute atomic E-state index is 0.0509. The van der Waals surface area contributed by atoms with E-state index >= 15 is 0 Å². The zero-order valence-electron chi connectivity index (χ0n) is 15.7. The Morgan fingerprint density at radius 1 is 1.14 bits per heavy atom. The number of pyridine rings is 1. The predicted molar refractivity (Wildman–Crippen MR) is 109 cm³/mol. The summed E-state index contributed by atoms with van der Waals surface area (Å²) in [6.45, 7) is 0.729. The molecule has 1 saturated heterocycles. The summed E-state index contributed by atoms with van der Waals surface area (Å²) < 4.78 is 1.05. The summed E-state index contributed by atoms with van der Waals surface area (Å²) in [4.78, 5) is 31.0. The normalized spacial score (nSPS) is 17.0. The van der Waals surface area contributed by atoms with Crippen LogP contribution in [-0.2, 0) is 0 Å². The van der Waals surface area contributed by atoms with Crippen LogP contribution >= 0.6 is 0 Å². The summed E-state index contributed by atoms with van der Waals surface area (Å²) in [5.74, 6) is -0.441. The van der Waals surface area contributed by atoms with E-state index in [9.17, 15) is 14.7 Å². The molecule has 3 aromatic rings. The molecule has 1 aliphatic rings. The molecule has 0 saturated carbocycles. The molecule has 1 aromatic carbocycles. The Labute approximate surface area is 166 Å². The highest BCUT2D eigenvalue weighted by Crippen LogP contribution is 2.30. The van der Waals surface area contributed by atoms with Crippen LogP contribution in [0.25, 0.3) is 5.69 Å². The van der Waals surface area contributed by atoms with Gasteiger partial charge in [0, 0.05) is 18.9 Å². The standard InChI is InChI=1S/C21H21N5O3/c27-19-17(20(28)26(21(29)24-19)16-8-2-1-3-9-16)14-23-25-12-5-4-10-18(25)15-7-6-11-22-13-15/h1-3,6-9,11,13-14,18,28H,4-5,10,12H2,(H,24,27,29). The van der Waals surface area contributed by atoms with Crippen LogP contribution in [0, 0.1) is 0 Å². The van der Waals surface area contributed by atoms with Gasteiger partial charge in [0.2, 0.25) is 5.88 Å². The average molecular weight is 391 g/mol. The molecule has 1 aliphatic heterocycles. The largest absolute Gasteiger partial charge is 0.493 e. The van der Waals surface area contributed by atoms with Gasteiger partial charge in [0.1, 0.15) is 5.56 Å². The number of hydrogen-bond donors (Lipinski definition) is 2. The van der Waals surface area contributed by atoms with Crippen molar-refractivity contribution in [3.05, 3.63) is 86.8 Å². The maximum absolute atomic E-state index is 12.3. The van der Waals surface area contributed by atoms with Crippen molar-refractivity contribution in [3.8, 4) is 11.6 Å². The summed E-state index contributed by atoms with van der Waals surface area (Å²) in [5.41, 5.74) is 0.0493. The fourth-order valence-electron chi connectivity index (χ4n) is 3.57. The van der Waals surface area contributed by atoms with E-state index < -0.39 is 17.1 Å². The van der Waals surface area contributed by atoms with Crippen LogP contribution in [0.3, 0.4) is 0 Å². The Balaban J connectivity index is 1.71. The Bertz CT molecular complexity index is 1120. The third kappa shape index (κ3) is 3.82. The number of aromatic amines is 1. The number of piperidine rings is 1. The minimum atomic E-state index is -0.706. The van der Waals surface area contributed by atoms with E-state index in [1.165, 1.54) is 6.21 Å². The summed E-state index contributed by atoms with van der Waals surface area (Å²) in [5, 5.41) is 17.0. The zero-order chi connectivity index (χ0) is 20.2. The van der Waals surface area contributed by atoms with Gasteiger partial charge in [-0.05, 0) is 43.0 Å². The second-order valence-corrected chi connectivity index (χ2v) is 6.87. The molecule has 4 rings (SSSR count). The average Bonchev–Trinajstić information content (AvgIpc) is 2.75. The summed E-state index contributed by atoms with van der Waals surface area (Å²) in [6.07, 6.45) is 7.86. The fourth-order valence-corrected chi connectivity index (χ4v) is 3.57. The van der Waals surface area contributed by atoms with Gasteiger partial charge in [0.25, 0.3) is 5.56 Å². The number of aromatic hydroxyl groups is 1. The Kier molecular flexibility index (Phi) is 5.24. The number of nitrogens with zero attached hydrogens (tertiary/aromatic N) is 4. The molecule has 2 aromatic heterocycles. The number of para-hydroxylation sites is 1. The third-order valence-corrected chi connectivity index (χ3v) is 5.01. The second-order valence-electron chi connectivity index (χ2n) is 6.87. The number of H-pyrrole nitrogens is 1. The number of rotatable bonds is 4. The molecule has 0 bridgehead atoms. The molecule has 0 spiro atoms. The Hall–Kier alpha value is -3.68. The molecular formula is C21H21N5O3. The van der Waals surface area contributed by atoms with E-state index in [1.54, 1.807) is 36.5 Å². The molecular weight excluding hydrogens is 370 g/mol. The molecule has 8 nitrogen and oxygen atoms in total. The highest BCUT2D eigenvalue weighted by Gasteiger charge is 2.23. The van der Waals surface area contributed by atoms with E-state index in [4.69, 9.17) is 0 Å². The van der Waals surface area contributed by atoms with Crippen molar-refractivity contribution in [2.75, 3.05) is 6.54 Å². The number of hydrazone groups is 1. The van der Waals surface area contributed by atoms with Crippen molar-refractivity contribution < 1.29 is 5.11 Å². The fraction of sp³-hybridized carbons (Fsp3) is 0.238. The van der Waals surface area contributed by atoms with Gasteiger partial charge in [0.05, 0.1) is 17.9 Å². The molecule has 0 amide bonds. The van der Waals surface area contributed by atoms with Gasteiger partial charge in [-0.1, -0.05) is 24.3 Å². The zero-order valence-corrected chi connectivity index (χ0v) is 15.7. The maximum Gasteiger partial charge on any atom is 0.335 e. The van der Waals surface area contributed by atoms with Crippen LogP contribution in [0.1, 0.15) is 36.4 Å². The first-order valence-electron chi connectivity index (χ1n) is 9.49. The van der Waals surface area contributed by atoms with Crippen LogP contribution < -0.4 is 11.2 Å². The number of aromatic nitrogens is 3. The summed E-state index contributed by atoms with van der Waals surface area (Å²) in [7, 11) is 0. The van der Waals surface area contributed by atoms with Gasteiger partial charge < -0.3 is 5.11 Å². The lowest BCUT2D eigenvalue weighted by molar-refractivity contribution is 0.156. The minimum Gasteiger partial charge on any atom is -0.493 e. The quantitative estimate of drug-likeness (QED) is 0.664. The van der Waals surface area contributed by atoms with Gasteiger partial charge in [-0.3, -0.25) is 19.8 Å². The molecule has 1 atom stereocenters. The second kappa shape index (κ2) is 8.14. The maximum atomic E-state index is 12.3. The lowest BCUT2D eigenvalue weighted by Crippen LogP contribution is -2.32. The monoisotopic (exact) mass is 391 g/mol. The van der Waals surface area contributed by atoms with E-state index in [-0.39, 0.29) is 11.6 Å². The molecule has 1 unspecified atom stereocenters. The Morgan fingerprint density at radius 3 is 2.72 bits per heavy atom. The lowest BCUT2D eigenvalue weighted by atomic mass is 9.98. The SMILES string of the molecule is O=c1[nH]c(=O)n(-c2ccccc2)c(O)c1C=NN1CCCCC1c1cccnc1. The van der Waals surface area contributed by atoms with E-state index in [1.807, 2.05) is 23.3 Å². The third-order valence-electron chi connectivity index (χ3n) is 5.01. The molecule has 8 heteroatoms.